The summed E-state index contributed by atoms with van der Waals surface area (Å²) >= 11 is 6.16. The monoisotopic (exact) mass is 370 g/mol. The van der Waals surface area contributed by atoms with Crippen molar-refractivity contribution >= 4 is 33.2 Å². The highest BCUT2D eigenvalue weighted by Gasteiger charge is 2.18. The van der Waals surface area contributed by atoms with Gasteiger partial charge in [-0.25, -0.2) is 13.1 Å². The first-order valence-corrected chi connectivity index (χ1v) is 9.67. The predicted molar refractivity (Wildman–Crippen MR) is 94.2 cm³/mol. The Labute approximate surface area is 145 Å². The average molecular weight is 371 g/mol. The van der Waals surface area contributed by atoms with E-state index in [0.29, 0.717) is 16.5 Å². The second-order valence-corrected chi connectivity index (χ2v) is 8.22. The van der Waals surface area contributed by atoms with Crippen LogP contribution in [0.1, 0.15) is 12.1 Å². The Hall–Kier alpha value is -1.90. The summed E-state index contributed by atoms with van der Waals surface area (Å²) in [5.41, 5.74) is 7.19. The van der Waals surface area contributed by atoms with Crippen molar-refractivity contribution in [3.8, 4) is 5.69 Å². The van der Waals surface area contributed by atoms with Gasteiger partial charge in [0.25, 0.3) is 0 Å². The van der Waals surface area contributed by atoms with E-state index < -0.39 is 21.8 Å². The van der Waals surface area contributed by atoms with E-state index in [4.69, 9.17) is 17.3 Å². The summed E-state index contributed by atoms with van der Waals surface area (Å²) in [5, 5.41) is 7.43. The van der Waals surface area contributed by atoms with Crippen molar-refractivity contribution in [1.82, 2.24) is 9.78 Å². The molecule has 2 rings (SSSR count). The van der Waals surface area contributed by atoms with Crippen LogP contribution >= 0.6 is 11.6 Å². The maximum Gasteiger partial charge on any atom is 0.242 e. The number of anilines is 1. The molecule has 0 radical (unpaired) electrons. The highest BCUT2D eigenvalue weighted by Crippen LogP contribution is 2.22. The number of carbonyl (C=O) groups excluding carboxylic acids is 1. The highest BCUT2D eigenvalue weighted by atomic mass is 35.5. The van der Waals surface area contributed by atoms with Crippen molar-refractivity contribution in [1.29, 1.82) is 0 Å². The largest absolute Gasteiger partial charge is 0.320 e. The summed E-state index contributed by atoms with van der Waals surface area (Å²) < 4.78 is 23.9. The number of nitrogens with one attached hydrogen (secondary N) is 1. The molecule has 7 nitrogen and oxygen atoms in total. The first-order valence-electron chi connectivity index (χ1n) is 7.23. The molecular weight excluding hydrogens is 352 g/mol. The van der Waals surface area contributed by atoms with E-state index in [9.17, 15) is 13.2 Å². The zero-order valence-corrected chi connectivity index (χ0v) is 14.9. The van der Waals surface area contributed by atoms with Crippen molar-refractivity contribution in [3.63, 3.8) is 0 Å². The van der Waals surface area contributed by atoms with Gasteiger partial charge >= 0.3 is 0 Å². The Bertz CT molecular complexity index is 848. The minimum Gasteiger partial charge on any atom is -0.320 e. The van der Waals surface area contributed by atoms with E-state index in [-0.39, 0.29) is 12.2 Å². The molecule has 0 spiro atoms. The molecule has 1 heterocycles. The molecule has 0 aliphatic rings. The number of sulfone groups is 1. The van der Waals surface area contributed by atoms with E-state index in [2.05, 4.69) is 10.4 Å². The van der Waals surface area contributed by atoms with Crippen molar-refractivity contribution in [2.45, 2.75) is 19.4 Å². The fourth-order valence-corrected chi connectivity index (χ4v) is 2.99. The van der Waals surface area contributed by atoms with Crippen molar-refractivity contribution in [3.05, 3.63) is 41.0 Å². The zero-order valence-electron chi connectivity index (χ0n) is 13.4. The maximum absolute atomic E-state index is 12.0. The van der Waals surface area contributed by atoms with Crippen LogP contribution in [0.2, 0.25) is 5.02 Å². The molecular formula is C15H19ClN4O3S. The van der Waals surface area contributed by atoms with E-state index in [1.165, 1.54) is 0 Å². The van der Waals surface area contributed by atoms with E-state index in [1.54, 1.807) is 16.8 Å². The van der Waals surface area contributed by atoms with Gasteiger partial charge in [-0.2, -0.15) is 0 Å². The van der Waals surface area contributed by atoms with Crippen LogP contribution in [0.5, 0.6) is 0 Å². The van der Waals surface area contributed by atoms with Crippen LogP contribution < -0.4 is 11.1 Å². The molecule has 0 bridgehead atoms. The number of aromatic nitrogens is 2. The molecule has 130 valence electrons. The summed E-state index contributed by atoms with van der Waals surface area (Å²) in [6.45, 7) is 1.83. The second-order valence-electron chi connectivity index (χ2n) is 5.55. The number of rotatable bonds is 6. The number of benzene rings is 1. The minimum absolute atomic E-state index is 0.0505. The molecule has 24 heavy (non-hydrogen) atoms. The fraction of sp³-hybridized carbons (Fsp3) is 0.333. The molecule has 1 amide bonds. The SMILES string of the molecule is Cc1cc(NC(=O)C(N)CCS(C)(=O)=O)nn1-c1ccccc1Cl. The lowest BCUT2D eigenvalue weighted by atomic mass is 10.2. The van der Waals surface area contributed by atoms with Gasteiger partial charge in [0.1, 0.15) is 9.84 Å². The van der Waals surface area contributed by atoms with Gasteiger partial charge in [-0.1, -0.05) is 23.7 Å². The number of para-hydroxylation sites is 1. The summed E-state index contributed by atoms with van der Waals surface area (Å²) in [6, 6.07) is 7.97. The Kier molecular flexibility index (Phi) is 5.63. The van der Waals surface area contributed by atoms with Crippen molar-refractivity contribution < 1.29 is 13.2 Å². The fourth-order valence-electron chi connectivity index (χ4n) is 2.09. The third-order valence-electron chi connectivity index (χ3n) is 3.36. The third-order valence-corrected chi connectivity index (χ3v) is 4.65. The molecule has 0 aliphatic carbocycles. The van der Waals surface area contributed by atoms with Gasteiger partial charge in [0.15, 0.2) is 5.82 Å². The molecule has 0 saturated carbocycles. The second kappa shape index (κ2) is 7.33. The molecule has 1 atom stereocenters. The lowest BCUT2D eigenvalue weighted by molar-refractivity contribution is -0.117. The highest BCUT2D eigenvalue weighted by molar-refractivity contribution is 7.90. The van der Waals surface area contributed by atoms with Crippen LogP contribution in [-0.4, -0.2) is 42.2 Å². The van der Waals surface area contributed by atoms with Crippen LogP contribution in [0.4, 0.5) is 5.82 Å². The van der Waals surface area contributed by atoms with Gasteiger partial charge in [-0.05, 0) is 25.5 Å². The lowest BCUT2D eigenvalue weighted by Crippen LogP contribution is -2.37. The number of aryl methyl sites for hydroxylation is 1. The maximum atomic E-state index is 12.0. The predicted octanol–water partition coefficient (Wildman–Crippen LogP) is 1.53. The van der Waals surface area contributed by atoms with Gasteiger partial charge in [-0.15, -0.1) is 5.10 Å². The van der Waals surface area contributed by atoms with E-state index in [0.717, 1.165) is 11.9 Å². The number of nitrogens with zero attached hydrogens (tertiary/aromatic N) is 2. The number of nitrogens with two attached hydrogens (primary N) is 1. The molecule has 3 N–H and O–H groups in total. The molecule has 1 aromatic heterocycles. The smallest absolute Gasteiger partial charge is 0.242 e. The van der Waals surface area contributed by atoms with Crippen molar-refractivity contribution in [2.75, 3.05) is 17.3 Å². The third kappa shape index (κ3) is 4.80. The Morgan fingerprint density at radius 3 is 2.71 bits per heavy atom. The number of carbonyl (C=O) groups is 1. The minimum atomic E-state index is -3.16. The Morgan fingerprint density at radius 2 is 2.08 bits per heavy atom. The van der Waals surface area contributed by atoms with Crippen LogP contribution in [0.25, 0.3) is 5.69 Å². The first-order chi connectivity index (χ1) is 11.2. The lowest BCUT2D eigenvalue weighted by Gasteiger charge is -2.10. The van der Waals surface area contributed by atoms with Gasteiger partial charge < -0.3 is 11.1 Å². The molecule has 0 saturated heterocycles. The molecule has 0 aliphatic heterocycles. The molecule has 1 aromatic carbocycles. The summed E-state index contributed by atoms with van der Waals surface area (Å²) in [7, 11) is -3.16. The molecule has 2 aromatic rings. The summed E-state index contributed by atoms with van der Waals surface area (Å²) in [4.78, 5) is 12.0. The topological polar surface area (TPSA) is 107 Å². The molecule has 9 heteroatoms. The van der Waals surface area contributed by atoms with Crippen LogP contribution in [0, 0.1) is 6.92 Å². The number of halogens is 1. The molecule has 0 fully saturated rings. The van der Waals surface area contributed by atoms with Crippen LogP contribution in [0.3, 0.4) is 0 Å². The van der Waals surface area contributed by atoms with Crippen LogP contribution in [0.15, 0.2) is 30.3 Å². The van der Waals surface area contributed by atoms with E-state index in [1.807, 2.05) is 25.1 Å². The van der Waals surface area contributed by atoms with Gasteiger partial charge in [0.2, 0.25) is 5.91 Å². The zero-order chi connectivity index (χ0) is 17.9. The Morgan fingerprint density at radius 1 is 1.42 bits per heavy atom. The van der Waals surface area contributed by atoms with Gasteiger partial charge in [0, 0.05) is 18.0 Å². The van der Waals surface area contributed by atoms with Gasteiger partial charge in [0.05, 0.1) is 22.5 Å². The summed E-state index contributed by atoms with van der Waals surface area (Å²) in [6.07, 6.45) is 1.15. The average Bonchev–Trinajstić information content (AvgIpc) is 2.84. The van der Waals surface area contributed by atoms with Crippen molar-refractivity contribution in [2.24, 2.45) is 5.73 Å². The van der Waals surface area contributed by atoms with E-state index >= 15 is 0 Å². The normalized spacial score (nSPS) is 12.8. The quantitative estimate of drug-likeness (QED) is 0.801. The first kappa shape index (κ1) is 18.4. The number of amides is 1. The Balaban J connectivity index is 2.10. The standard InChI is InChI=1S/C15H19ClN4O3S/c1-10-9-14(18-15(21)12(17)7-8-24(2,22)23)19-20(10)13-6-4-3-5-11(13)16/h3-6,9,12H,7-8,17H2,1-2H3,(H,18,19,21). The number of hydrogen-bond donors (Lipinski definition) is 2. The van der Waals surface area contributed by atoms with Crippen LogP contribution in [-0.2, 0) is 14.6 Å². The molecule has 1 unspecified atom stereocenters. The summed E-state index contributed by atoms with van der Waals surface area (Å²) in [5.74, 6) is -0.302. The number of hydrogen-bond acceptors (Lipinski definition) is 5. The van der Waals surface area contributed by atoms with Gasteiger partial charge in [-0.3, -0.25) is 4.79 Å².